The molecule has 0 bridgehead atoms. The first kappa shape index (κ1) is 11.9. The lowest BCUT2D eigenvalue weighted by atomic mass is 9.98. The highest BCUT2D eigenvalue weighted by Gasteiger charge is 2.26. The van der Waals surface area contributed by atoms with Crippen molar-refractivity contribution in [2.75, 3.05) is 32.0 Å². The summed E-state index contributed by atoms with van der Waals surface area (Å²) in [5.74, 6) is 0.912. The van der Waals surface area contributed by atoms with Gasteiger partial charge in [-0.1, -0.05) is 0 Å². The van der Waals surface area contributed by atoms with Gasteiger partial charge in [-0.25, -0.2) is 0 Å². The van der Waals surface area contributed by atoms with Crippen LogP contribution < -0.4 is 0 Å². The Labute approximate surface area is 91.2 Å². The van der Waals surface area contributed by atoms with Gasteiger partial charge in [0.15, 0.2) is 0 Å². The maximum atomic E-state index is 11.5. The smallest absolute Gasteiger partial charge is 0.310 e. The van der Waals surface area contributed by atoms with Gasteiger partial charge < -0.3 is 9.64 Å². The summed E-state index contributed by atoms with van der Waals surface area (Å²) >= 11 is 4.20. The third kappa shape index (κ3) is 3.50. The molecule has 0 aromatic rings. The second-order valence-corrected chi connectivity index (χ2v) is 4.06. The molecule has 1 aliphatic rings. The van der Waals surface area contributed by atoms with Crippen molar-refractivity contribution in [3.8, 4) is 0 Å². The van der Waals surface area contributed by atoms with Gasteiger partial charge in [-0.05, 0) is 26.3 Å². The molecule has 1 rings (SSSR count). The monoisotopic (exact) mass is 217 g/mol. The van der Waals surface area contributed by atoms with Gasteiger partial charge in [0.05, 0.1) is 12.5 Å². The molecule has 0 aromatic carbocycles. The molecule has 1 heterocycles. The summed E-state index contributed by atoms with van der Waals surface area (Å²) in [6.07, 6.45) is 2.07. The molecule has 0 aliphatic carbocycles. The highest BCUT2D eigenvalue weighted by atomic mass is 32.1. The van der Waals surface area contributed by atoms with E-state index in [4.69, 9.17) is 4.74 Å². The van der Waals surface area contributed by atoms with Gasteiger partial charge in [0, 0.05) is 18.8 Å². The number of carbonyl (C=O) groups is 1. The molecule has 0 spiro atoms. The van der Waals surface area contributed by atoms with Crippen molar-refractivity contribution in [2.45, 2.75) is 19.8 Å². The van der Waals surface area contributed by atoms with Crippen LogP contribution in [0.15, 0.2) is 0 Å². The summed E-state index contributed by atoms with van der Waals surface area (Å²) in [6.45, 7) is 5.25. The summed E-state index contributed by atoms with van der Waals surface area (Å²) in [5, 5.41) is 0. The Balaban J connectivity index is 2.35. The number of carbonyl (C=O) groups excluding carboxylic acids is 1. The van der Waals surface area contributed by atoms with Gasteiger partial charge in [-0.2, -0.15) is 12.6 Å². The Hall–Kier alpha value is -0.220. The first-order chi connectivity index (χ1) is 6.77. The molecule has 82 valence electrons. The van der Waals surface area contributed by atoms with Crippen LogP contribution >= 0.6 is 12.6 Å². The van der Waals surface area contributed by atoms with Crippen LogP contribution in [0, 0.1) is 5.92 Å². The number of likely N-dealkylation sites (tertiary alicyclic amines) is 1. The standard InChI is InChI=1S/C10H19NO2S/c1-2-13-10(12)9-4-3-5-11(8-9)6-7-14/h9,14H,2-8H2,1H3. The van der Waals surface area contributed by atoms with E-state index in [1.165, 1.54) is 0 Å². The molecule has 0 saturated carbocycles. The largest absolute Gasteiger partial charge is 0.466 e. The lowest BCUT2D eigenvalue weighted by molar-refractivity contribution is -0.149. The van der Waals surface area contributed by atoms with Crippen LogP contribution in [0.2, 0.25) is 0 Å². The van der Waals surface area contributed by atoms with Crippen LogP contribution in [0.1, 0.15) is 19.8 Å². The van der Waals surface area contributed by atoms with Crippen LogP contribution in [-0.2, 0) is 9.53 Å². The van der Waals surface area contributed by atoms with E-state index in [1.807, 2.05) is 6.92 Å². The van der Waals surface area contributed by atoms with E-state index in [9.17, 15) is 4.79 Å². The van der Waals surface area contributed by atoms with Gasteiger partial charge >= 0.3 is 5.97 Å². The van der Waals surface area contributed by atoms with Crippen molar-refractivity contribution in [3.63, 3.8) is 0 Å². The van der Waals surface area contributed by atoms with Gasteiger partial charge in [0.2, 0.25) is 0 Å². The van der Waals surface area contributed by atoms with Crippen molar-refractivity contribution in [1.82, 2.24) is 4.90 Å². The highest BCUT2D eigenvalue weighted by Crippen LogP contribution is 2.17. The Morgan fingerprint density at radius 2 is 2.43 bits per heavy atom. The van der Waals surface area contributed by atoms with E-state index < -0.39 is 0 Å². The molecule has 1 unspecified atom stereocenters. The molecular weight excluding hydrogens is 198 g/mol. The van der Waals surface area contributed by atoms with E-state index in [0.29, 0.717) is 6.61 Å². The van der Waals surface area contributed by atoms with Crippen LogP contribution in [0.4, 0.5) is 0 Å². The zero-order valence-electron chi connectivity index (χ0n) is 8.74. The van der Waals surface area contributed by atoms with Crippen LogP contribution in [0.3, 0.4) is 0 Å². The molecule has 0 radical (unpaired) electrons. The number of nitrogens with zero attached hydrogens (tertiary/aromatic N) is 1. The maximum absolute atomic E-state index is 11.5. The molecule has 3 nitrogen and oxygen atoms in total. The molecule has 1 fully saturated rings. The maximum Gasteiger partial charge on any atom is 0.310 e. The molecule has 14 heavy (non-hydrogen) atoms. The number of hydrogen-bond donors (Lipinski definition) is 1. The average molecular weight is 217 g/mol. The number of esters is 1. The number of ether oxygens (including phenoxy) is 1. The van der Waals surface area contributed by atoms with Crippen molar-refractivity contribution in [2.24, 2.45) is 5.92 Å². The summed E-state index contributed by atoms with van der Waals surface area (Å²) in [7, 11) is 0. The van der Waals surface area contributed by atoms with Gasteiger partial charge in [-0.15, -0.1) is 0 Å². The molecule has 1 saturated heterocycles. The van der Waals surface area contributed by atoms with Crippen LogP contribution in [0.25, 0.3) is 0 Å². The highest BCUT2D eigenvalue weighted by molar-refractivity contribution is 7.80. The predicted octanol–water partition coefficient (Wildman–Crippen LogP) is 1.19. The third-order valence-corrected chi connectivity index (χ3v) is 2.74. The number of piperidine rings is 1. The second kappa shape index (κ2) is 6.30. The Kier molecular flexibility index (Phi) is 5.33. The topological polar surface area (TPSA) is 29.5 Å². The van der Waals surface area contributed by atoms with E-state index in [1.54, 1.807) is 0 Å². The summed E-state index contributed by atoms with van der Waals surface area (Å²) < 4.78 is 5.02. The zero-order chi connectivity index (χ0) is 10.4. The first-order valence-electron chi connectivity index (χ1n) is 5.27. The fourth-order valence-electron chi connectivity index (χ4n) is 1.85. The third-order valence-electron chi connectivity index (χ3n) is 2.54. The fourth-order valence-corrected chi connectivity index (χ4v) is 2.14. The molecule has 0 aromatic heterocycles. The summed E-state index contributed by atoms with van der Waals surface area (Å²) in [4.78, 5) is 13.8. The van der Waals surface area contributed by atoms with Gasteiger partial charge in [0.1, 0.15) is 0 Å². The van der Waals surface area contributed by atoms with E-state index in [-0.39, 0.29) is 11.9 Å². The normalized spacial score (nSPS) is 23.4. The molecule has 0 N–H and O–H groups in total. The number of hydrogen-bond acceptors (Lipinski definition) is 4. The fraction of sp³-hybridized carbons (Fsp3) is 0.900. The van der Waals surface area contributed by atoms with Crippen molar-refractivity contribution in [3.05, 3.63) is 0 Å². The zero-order valence-corrected chi connectivity index (χ0v) is 9.63. The van der Waals surface area contributed by atoms with Crippen molar-refractivity contribution >= 4 is 18.6 Å². The minimum Gasteiger partial charge on any atom is -0.466 e. The molecule has 1 aliphatic heterocycles. The SMILES string of the molecule is CCOC(=O)C1CCCN(CCS)C1. The predicted molar refractivity (Wildman–Crippen MR) is 59.7 cm³/mol. The lowest BCUT2D eigenvalue weighted by Gasteiger charge is -2.30. The van der Waals surface area contributed by atoms with Crippen molar-refractivity contribution < 1.29 is 9.53 Å². The average Bonchev–Trinajstić information content (AvgIpc) is 2.19. The lowest BCUT2D eigenvalue weighted by Crippen LogP contribution is -2.40. The van der Waals surface area contributed by atoms with E-state index in [0.717, 1.165) is 38.2 Å². The summed E-state index contributed by atoms with van der Waals surface area (Å²) in [5.41, 5.74) is 0. The van der Waals surface area contributed by atoms with E-state index in [2.05, 4.69) is 17.5 Å². The summed E-state index contributed by atoms with van der Waals surface area (Å²) in [6, 6.07) is 0. The van der Waals surface area contributed by atoms with Crippen LogP contribution in [-0.4, -0.2) is 42.9 Å². The molecule has 1 atom stereocenters. The minimum atomic E-state index is -0.0311. The first-order valence-corrected chi connectivity index (χ1v) is 5.91. The minimum absolute atomic E-state index is 0.0311. The molecule has 4 heteroatoms. The van der Waals surface area contributed by atoms with Gasteiger partial charge in [-0.3, -0.25) is 4.79 Å². The molecule has 0 amide bonds. The van der Waals surface area contributed by atoms with Crippen LogP contribution in [0.5, 0.6) is 0 Å². The van der Waals surface area contributed by atoms with E-state index >= 15 is 0 Å². The van der Waals surface area contributed by atoms with Gasteiger partial charge in [0.25, 0.3) is 0 Å². The Morgan fingerprint density at radius 1 is 1.64 bits per heavy atom. The molecular formula is C10H19NO2S. The number of thiol groups is 1. The Morgan fingerprint density at radius 3 is 3.07 bits per heavy atom. The second-order valence-electron chi connectivity index (χ2n) is 3.62. The number of rotatable bonds is 4. The Bertz CT molecular complexity index is 185. The quantitative estimate of drug-likeness (QED) is 0.566. The van der Waals surface area contributed by atoms with Crippen molar-refractivity contribution in [1.29, 1.82) is 0 Å².